The highest BCUT2D eigenvalue weighted by Crippen LogP contribution is 2.29. The number of hydrogen-bond donors (Lipinski definition) is 1. The molecule has 2 heterocycles. The largest absolute Gasteiger partial charge is 0.471 e. The highest BCUT2D eigenvalue weighted by Gasteiger charge is 2.38. The van der Waals surface area contributed by atoms with Crippen molar-refractivity contribution in [3.63, 3.8) is 0 Å². The average Bonchev–Trinajstić information content (AvgIpc) is 2.75. The van der Waals surface area contributed by atoms with Crippen molar-refractivity contribution >= 4 is 11.6 Å². The van der Waals surface area contributed by atoms with Crippen molar-refractivity contribution < 1.29 is 31.1 Å². The van der Waals surface area contributed by atoms with Gasteiger partial charge < -0.3 is 9.72 Å². The van der Waals surface area contributed by atoms with Gasteiger partial charge in [0.05, 0.1) is 17.8 Å². The SMILES string of the molecule is O=C(NCc1cn2cc(C(F)(F)F)ccc2n1)C(F)(F)F. The number of alkyl halides is 6. The van der Waals surface area contributed by atoms with Crippen molar-refractivity contribution in [3.05, 3.63) is 35.8 Å². The second-order valence-corrected chi connectivity index (χ2v) is 4.09. The van der Waals surface area contributed by atoms with Gasteiger partial charge in [-0.2, -0.15) is 26.3 Å². The summed E-state index contributed by atoms with van der Waals surface area (Å²) in [5.41, 5.74) is -0.788. The molecule has 0 saturated carbocycles. The molecule has 0 fully saturated rings. The van der Waals surface area contributed by atoms with Crippen LogP contribution in [0.1, 0.15) is 11.3 Å². The predicted molar refractivity (Wildman–Crippen MR) is 58.1 cm³/mol. The van der Waals surface area contributed by atoms with Crippen LogP contribution in [0.2, 0.25) is 0 Å². The van der Waals surface area contributed by atoms with Crippen molar-refractivity contribution in [1.29, 1.82) is 0 Å². The molecule has 0 radical (unpaired) electrons. The number of carbonyl (C=O) groups excluding carboxylic acids is 1. The molecule has 1 N–H and O–H groups in total. The number of imidazole rings is 1. The molecular weight excluding hydrogens is 304 g/mol. The number of halogens is 6. The van der Waals surface area contributed by atoms with Crippen molar-refractivity contribution in [2.24, 2.45) is 0 Å². The third-order valence-corrected chi connectivity index (χ3v) is 2.52. The number of nitrogens with one attached hydrogen (secondary N) is 1. The van der Waals surface area contributed by atoms with Crippen LogP contribution >= 0.6 is 0 Å². The lowest BCUT2D eigenvalue weighted by Crippen LogP contribution is -2.36. The Kier molecular flexibility index (Phi) is 3.56. The maximum Gasteiger partial charge on any atom is 0.471 e. The van der Waals surface area contributed by atoms with Gasteiger partial charge in [-0.05, 0) is 12.1 Å². The molecule has 0 spiro atoms. The lowest BCUT2D eigenvalue weighted by molar-refractivity contribution is -0.173. The Hall–Kier alpha value is -2.26. The molecule has 0 aliphatic heterocycles. The lowest BCUT2D eigenvalue weighted by Gasteiger charge is -2.06. The van der Waals surface area contributed by atoms with Crippen LogP contribution in [0.4, 0.5) is 26.3 Å². The molecule has 0 saturated heterocycles. The Labute approximate surface area is 113 Å². The summed E-state index contributed by atoms with van der Waals surface area (Å²) in [4.78, 5) is 14.4. The average molecular weight is 311 g/mol. The molecule has 21 heavy (non-hydrogen) atoms. The van der Waals surface area contributed by atoms with Gasteiger partial charge in [-0.3, -0.25) is 4.79 Å². The van der Waals surface area contributed by atoms with Crippen LogP contribution in [0.5, 0.6) is 0 Å². The van der Waals surface area contributed by atoms with Crippen LogP contribution in [-0.2, 0) is 17.5 Å². The van der Waals surface area contributed by atoms with Crippen molar-refractivity contribution in [2.45, 2.75) is 18.9 Å². The van der Waals surface area contributed by atoms with E-state index >= 15 is 0 Å². The van der Waals surface area contributed by atoms with Crippen LogP contribution in [-0.4, -0.2) is 21.5 Å². The summed E-state index contributed by atoms with van der Waals surface area (Å²) in [7, 11) is 0. The molecule has 0 bridgehead atoms. The van der Waals surface area contributed by atoms with Crippen LogP contribution in [0.15, 0.2) is 24.5 Å². The van der Waals surface area contributed by atoms with E-state index in [0.29, 0.717) is 0 Å². The molecule has 114 valence electrons. The minimum Gasteiger partial charge on any atom is -0.343 e. The van der Waals surface area contributed by atoms with E-state index < -0.39 is 30.4 Å². The smallest absolute Gasteiger partial charge is 0.343 e. The Bertz CT molecular complexity index is 673. The molecule has 0 aromatic carbocycles. The van der Waals surface area contributed by atoms with Crippen molar-refractivity contribution in [3.8, 4) is 0 Å². The van der Waals surface area contributed by atoms with Gasteiger partial charge in [-0.25, -0.2) is 4.98 Å². The third kappa shape index (κ3) is 3.44. The normalized spacial score (nSPS) is 12.7. The summed E-state index contributed by atoms with van der Waals surface area (Å²) in [6.07, 6.45) is -7.69. The first-order valence-electron chi connectivity index (χ1n) is 5.47. The second kappa shape index (κ2) is 4.93. The highest BCUT2D eigenvalue weighted by molar-refractivity contribution is 5.81. The van der Waals surface area contributed by atoms with Gasteiger partial charge in [0.1, 0.15) is 5.65 Å². The minimum atomic E-state index is -5.03. The van der Waals surface area contributed by atoms with Gasteiger partial charge in [-0.15, -0.1) is 0 Å². The Morgan fingerprint density at radius 1 is 1.14 bits per heavy atom. The van der Waals surface area contributed by atoms with Crippen molar-refractivity contribution in [2.75, 3.05) is 0 Å². The zero-order valence-corrected chi connectivity index (χ0v) is 10.1. The number of nitrogens with zero attached hydrogens (tertiary/aromatic N) is 2. The molecule has 2 aromatic rings. The molecule has 0 aliphatic carbocycles. The van der Waals surface area contributed by atoms with E-state index in [1.54, 1.807) is 5.32 Å². The molecule has 2 rings (SSSR count). The van der Waals surface area contributed by atoms with Crippen LogP contribution in [0.25, 0.3) is 5.65 Å². The highest BCUT2D eigenvalue weighted by atomic mass is 19.4. The van der Waals surface area contributed by atoms with Gasteiger partial charge in [0.25, 0.3) is 0 Å². The maximum atomic E-state index is 12.5. The first kappa shape index (κ1) is 15.1. The van der Waals surface area contributed by atoms with Crippen molar-refractivity contribution in [1.82, 2.24) is 14.7 Å². The zero-order chi connectivity index (χ0) is 15.8. The predicted octanol–water partition coefficient (Wildman–Crippen LogP) is 2.53. The summed E-state index contributed by atoms with van der Waals surface area (Å²) in [5, 5.41) is 1.58. The number of carbonyl (C=O) groups is 1. The van der Waals surface area contributed by atoms with Crippen LogP contribution < -0.4 is 5.32 Å². The summed E-state index contributed by atoms with van der Waals surface area (Å²) >= 11 is 0. The quantitative estimate of drug-likeness (QED) is 0.866. The molecule has 2 aromatic heterocycles. The van der Waals surface area contributed by atoms with Gasteiger partial charge in [-0.1, -0.05) is 0 Å². The molecule has 10 heteroatoms. The minimum absolute atomic E-state index is 0.00641. The maximum absolute atomic E-state index is 12.5. The number of aromatic nitrogens is 2. The van der Waals surface area contributed by atoms with E-state index in [1.165, 1.54) is 0 Å². The van der Waals surface area contributed by atoms with Gasteiger partial charge in [0, 0.05) is 12.4 Å². The number of rotatable bonds is 2. The van der Waals surface area contributed by atoms with E-state index in [4.69, 9.17) is 0 Å². The summed E-state index contributed by atoms with van der Waals surface area (Å²) in [6.45, 7) is -0.540. The van der Waals surface area contributed by atoms with Gasteiger partial charge in [0.2, 0.25) is 0 Å². The van der Waals surface area contributed by atoms with E-state index in [9.17, 15) is 31.1 Å². The monoisotopic (exact) mass is 311 g/mol. The first-order valence-corrected chi connectivity index (χ1v) is 5.47. The standard InChI is InChI=1S/C11H7F6N3O/c12-10(13,14)6-1-2-8-19-7(5-20(8)4-6)3-18-9(21)11(15,16)17/h1-2,4-5H,3H2,(H,18,21). The topological polar surface area (TPSA) is 46.4 Å². The van der Waals surface area contributed by atoms with E-state index in [0.717, 1.165) is 28.9 Å². The summed E-state index contributed by atoms with van der Waals surface area (Å²) < 4.78 is 74.4. The Morgan fingerprint density at radius 3 is 2.38 bits per heavy atom. The summed E-state index contributed by atoms with van der Waals surface area (Å²) in [6, 6.07) is 1.89. The fourth-order valence-electron chi connectivity index (χ4n) is 1.57. The Morgan fingerprint density at radius 2 is 1.81 bits per heavy atom. The van der Waals surface area contributed by atoms with Gasteiger partial charge in [0.15, 0.2) is 0 Å². The van der Waals surface area contributed by atoms with Crippen LogP contribution in [0, 0.1) is 0 Å². The van der Waals surface area contributed by atoms with E-state index in [-0.39, 0.29) is 11.3 Å². The second-order valence-electron chi connectivity index (χ2n) is 4.09. The third-order valence-electron chi connectivity index (χ3n) is 2.52. The molecule has 1 amide bonds. The number of fused-ring (bicyclic) bond motifs is 1. The molecule has 4 nitrogen and oxygen atoms in total. The van der Waals surface area contributed by atoms with Gasteiger partial charge >= 0.3 is 18.3 Å². The number of amides is 1. The fourth-order valence-corrected chi connectivity index (χ4v) is 1.57. The van der Waals surface area contributed by atoms with E-state index in [2.05, 4.69) is 4.98 Å². The number of hydrogen-bond acceptors (Lipinski definition) is 2. The zero-order valence-electron chi connectivity index (χ0n) is 10.1. The molecular formula is C11H7F6N3O. The fraction of sp³-hybridized carbons (Fsp3) is 0.273. The molecule has 0 unspecified atom stereocenters. The number of pyridine rings is 1. The first-order chi connectivity index (χ1) is 9.57. The lowest BCUT2D eigenvalue weighted by atomic mass is 10.3. The summed E-state index contributed by atoms with van der Waals surface area (Å²) in [5.74, 6) is -2.14. The molecule has 0 atom stereocenters. The van der Waals surface area contributed by atoms with Crippen LogP contribution in [0.3, 0.4) is 0 Å². The molecule has 0 aliphatic rings. The Balaban J connectivity index is 2.18. The van der Waals surface area contributed by atoms with E-state index in [1.807, 2.05) is 0 Å².